The second-order valence-corrected chi connectivity index (χ2v) is 6.93. The molecule has 0 radical (unpaired) electrons. The van der Waals surface area contributed by atoms with Crippen molar-refractivity contribution >= 4 is 18.1 Å². The molecule has 0 saturated heterocycles. The Morgan fingerprint density at radius 2 is 1.60 bits per heavy atom. The number of hydrogen-bond donors (Lipinski definition) is 0. The summed E-state index contributed by atoms with van der Waals surface area (Å²) in [6.45, 7) is 17.6. The number of carbonyl (C=O) groups is 1. The van der Waals surface area contributed by atoms with Gasteiger partial charge in [0.25, 0.3) is 0 Å². The molecule has 0 saturated carbocycles. The molecule has 2 aromatic carbocycles. The van der Waals surface area contributed by atoms with Crippen molar-refractivity contribution < 1.29 is 9.53 Å². The first-order valence-electron chi connectivity index (χ1n) is 10.7. The van der Waals surface area contributed by atoms with Gasteiger partial charge in [-0.15, -0.1) is 0 Å². The molecule has 1 atom stereocenters. The summed E-state index contributed by atoms with van der Waals surface area (Å²) in [5.41, 5.74) is 3.68. The predicted molar refractivity (Wildman–Crippen MR) is 132 cm³/mol. The Morgan fingerprint density at radius 1 is 0.967 bits per heavy atom. The maximum absolute atomic E-state index is 10.8. The smallest absolute Gasteiger partial charge is 0.330 e. The molecule has 0 aliphatic carbocycles. The molecule has 1 unspecified atom stereocenters. The molecule has 162 valence electrons. The standard InChI is InChI=1S/C11H20O2.C9H10.C8H8/c1-4-7-8-10(5-2)9-13-11(12)6-3;1-3-9-7-5-4-6-8(9)2;1-2-8-6-4-3-5-7-8/h6,10H,3-5,7-9H2,1-2H3;3-7H,1H2,2H3;2-7H,1H2. The molecule has 0 aliphatic rings. The lowest BCUT2D eigenvalue weighted by atomic mass is 10.0. The largest absolute Gasteiger partial charge is 0.462 e. The topological polar surface area (TPSA) is 26.3 Å². The van der Waals surface area contributed by atoms with E-state index in [9.17, 15) is 4.79 Å². The van der Waals surface area contributed by atoms with Gasteiger partial charge in [-0.25, -0.2) is 4.79 Å². The zero-order chi connectivity index (χ0) is 22.6. The molecule has 2 nitrogen and oxygen atoms in total. The molecule has 0 aromatic heterocycles. The molecule has 2 aromatic rings. The van der Waals surface area contributed by atoms with Gasteiger partial charge in [-0.05, 0) is 36.0 Å². The fourth-order valence-electron chi connectivity index (χ4n) is 2.56. The molecular formula is C28H38O2. The molecule has 30 heavy (non-hydrogen) atoms. The minimum Gasteiger partial charge on any atom is -0.462 e. The summed E-state index contributed by atoms with van der Waals surface area (Å²) >= 11 is 0. The van der Waals surface area contributed by atoms with Gasteiger partial charge < -0.3 is 4.74 Å². The number of aryl methyl sites for hydroxylation is 1. The Labute approximate surface area is 184 Å². The highest BCUT2D eigenvalue weighted by Gasteiger charge is 2.07. The zero-order valence-electron chi connectivity index (χ0n) is 19.0. The Balaban J connectivity index is 0.000000434. The van der Waals surface area contributed by atoms with Crippen LogP contribution in [0.3, 0.4) is 0 Å². The van der Waals surface area contributed by atoms with Crippen LogP contribution in [-0.4, -0.2) is 12.6 Å². The lowest BCUT2D eigenvalue weighted by molar-refractivity contribution is -0.139. The van der Waals surface area contributed by atoms with E-state index in [1.807, 2.05) is 54.6 Å². The van der Waals surface area contributed by atoms with Crippen LogP contribution in [0.4, 0.5) is 0 Å². The number of esters is 1. The van der Waals surface area contributed by atoms with Crippen LogP contribution in [0.1, 0.15) is 56.2 Å². The van der Waals surface area contributed by atoms with Crippen molar-refractivity contribution in [1.82, 2.24) is 0 Å². The third-order valence-electron chi connectivity index (χ3n) is 4.61. The minimum atomic E-state index is -0.310. The van der Waals surface area contributed by atoms with Gasteiger partial charge in [0.2, 0.25) is 0 Å². The summed E-state index contributed by atoms with van der Waals surface area (Å²) in [6, 6.07) is 18.2. The maximum Gasteiger partial charge on any atom is 0.330 e. The quantitative estimate of drug-likeness (QED) is 0.312. The number of hydrogen-bond acceptors (Lipinski definition) is 2. The van der Waals surface area contributed by atoms with Gasteiger partial charge in [0.15, 0.2) is 0 Å². The number of rotatable bonds is 9. The van der Waals surface area contributed by atoms with E-state index in [1.54, 1.807) is 0 Å². The van der Waals surface area contributed by atoms with Crippen LogP contribution in [0.15, 0.2) is 80.4 Å². The van der Waals surface area contributed by atoms with Crippen LogP contribution >= 0.6 is 0 Å². The predicted octanol–water partition coefficient (Wildman–Crippen LogP) is 7.90. The Kier molecular flexibility index (Phi) is 16.4. The summed E-state index contributed by atoms with van der Waals surface area (Å²) in [6.07, 6.45) is 9.56. The maximum atomic E-state index is 10.8. The third-order valence-corrected chi connectivity index (χ3v) is 4.61. The first kappa shape index (κ1) is 27.1. The second-order valence-electron chi connectivity index (χ2n) is 6.93. The Bertz CT molecular complexity index is 731. The summed E-state index contributed by atoms with van der Waals surface area (Å²) in [7, 11) is 0. The van der Waals surface area contributed by atoms with Crippen molar-refractivity contribution in [2.24, 2.45) is 5.92 Å². The number of benzene rings is 2. The summed E-state index contributed by atoms with van der Waals surface area (Å²) < 4.78 is 4.98. The van der Waals surface area contributed by atoms with Crippen molar-refractivity contribution in [3.05, 3.63) is 97.1 Å². The second kappa shape index (κ2) is 18.2. The molecule has 0 N–H and O–H groups in total. The van der Waals surface area contributed by atoms with Gasteiger partial charge >= 0.3 is 5.97 Å². The molecule has 2 rings (SSSR count). The third kappa shape index (κ3) is 13.3. The van der Waals surface area contributed by atoms with E-state index in [-0.39, 0.29) is 5.97 Å². The highest BCUT2D eigenvalue weighted by Crippen LogP contribution is 2.12. The molecule has 0 aliphatic heterocycles. The van der Waals surface area contributed by atoms with Gasteiger partial charge in [0, 0.05) is 6.08 Å². The number of ether oxygens (including phenoxy) is 1. The molecule has 2 heteroatoms. The molecule has 0 heterocycles. The van der Waals surface area contributed by atoms with Crippen LogP contribution < -0.4 is 0 Å². The van der Waals surface area contributed by atoms with E-state index in [1.165, 1.54) is 35.6 Å². The highest BCUT2D eigenvalue weighted by atomic mass is 16.5. The van der Waals surface area contributed by atoms with Gasteiger partial charge in [-0.2, -0.15) is 0 Å². The van der Waals surface area contributed by atoms with Gasteiger partial charge in [-0.3, -0.25) is 0 Å². The SMILES string of the molecule is C=CC(=O)OCC(CC)CCCC.C=Cc1ccccc1.C=Cc1ccccc1C. The van der Waals surface area contributed by atoms with Crippen LogP contribution in [0.2, 0.25) is 0 Å². The number of unbranched alkanes of at least 4 members (excludes halogenated alkanes) is 1. The monoisotopic (exact) mass is 406 g/mol. The average molecular weight is 407 g/mol. The molecule has 0 bridgehead atoms. The fraction of sp³-hybridized carbons (Fsp3) is 0.321. The first-order chi connectivity index (χ1) is 14.5. The van der Waals surface area contributed by atoms with E-state index >= 15 is 0 Å². The summed E-state index contributed by atoms with van der Waals surface area (Å²) in [5.74, 6) is 0.207. The van der Waals surface area contributed by atoms with Gasteiger partial charge in [0.05, 0.1) is 6.61 Å². The molecule has 0 spiro atoms. The van der Waals surface area contributed by atoms with E-state index in [0.29, 0.717) is 12.5 Å². The van der Waals surface area contributed by atoms with Crippen LogP contribution in [0.25, 0.3) is 12.2 Å². The summed E-state index contributed by atoms with van der Waals surface area (Å²) in [4.78, 5) is 10.8. The average Bonchev–Trinajstić information content (AvgIpc) is 2.80. The first-order valence-corrected chi connectivity index (χ1v) is 10.7. The zero-order valence-corrected chi connectivity index (χ0v) is 19.0. The lowest BCUT2D eigenvalue weighted by Gasteiger charge is -2.13. The van der Waals surface area contributed by atoms with Crippen LogP contribution in [0.5, 0.6) is 0 Å². The number of carbonyl (C=O) groups excluding carboxylic acids is 1. The lowest BCUT2D eigenvalue weighted by Crippen LogP contribution is -2.12. The van der Waals surface area contributed by atoms with Gasteiger partial charge in [-0.1, -0.05) is 120 Å². The minimum absolute atomic E-state index is 0.310. The Hall–Kier alpha value is -2.87. The van der Waals surface area contributed by atoms with Crippen LogP contribution in [0, 0.1) is 12.8 Å². The van der Waals surface area contributed by atoms with Crippen molar-refractivity contribution in [3.8, 4) is 0 Å². The van der Waals surface area contributed by atoms with Crippen molar-refractivity contribution in [3.63, 3.8) is 0 Å². The molecule has 0 fully saturated rings. The summed E-state index contributed by atoms with van der Waals surface area (Å²) in [5, 5.41) is 0. The fourth-order valence-corrected chi connectivity index (χ4v) is 2.56. The van der Waals surface area contributed by atoms with E-state index < -0.39 is 0 Å². The van der Waals surface area contributed by atoms with Gasteiger partial charge in [0.1, 0.15) is 0 Å². The van der Waals surface area contributed by atoms with E-state index in [4.69, 9.17) is 4.74 Å². The van der Waals surface area contributed by atoms with E-state index in [0.717, 1.165) is 12.8 Å². The van der Waals surface area contributed by atoms with Crippen molar-refractivity contribution in [1.29, 1.82) is 0 Å². The normalized spacial score (nSPS) is 10.2. The van der Waals surface area contributed by atoms with Crippen LogP contribution in [-0.2, 0) is 9.53 Å². The van der Waals surface area contributed by atoms with Crippen molar-refractivity contribution in [2.75, 3.05) is 6.61 Å². The highest BCUT2D eigenvalue weighted by molar-refractivity contribution is 5.81. The molecule has 0 amide bonds. The Morgan fingerprint density at radius 3 is 2.03 bits per heavy atom. The van der Waals surface area contributed by atoms with E-state index in [2.05, 4.69) is 52.6 Å². The molecular weight excluding hydrogens is 368 g/mol. The van der Waals surface area contributed by atoms with Crippen molar-refractivity contribution in [2.45, 2.75) is 46.5 Å².